The molecule has 0 aromatic rings. The third kappa shape index (κ3) is 1.20. The van der Waals surface area contributed by atoms with Crippen LogP contribution < -0.4 is 0 Å². The van der Waals surface area contributed by atoms with Gasteiger partial charge < -0.3 is 15.0 Å². The summed E-state index contributed by atoms with van der Waals surface area (Å²) in [6, 6.07) is 0. The molecule has 0 bridgehead atoms. The maximum absolute atomic E-state index is 10.4. The molecule has 0 aromatic heterocycles. The zero-order valence-electron chi connectivity index (χ0n) is 6.60. The largest absolute Gasteiger partial charge is 0.412 e. The van der Waals surface area contributed by atoms with Crippen LogP contribution in [0.15, 0.2) is 0 Å². The first-order valence-electron chi connectivity index (χ1n) is 3.12. The summed E-state index contributed by atoms with van der Waals surface area (Å²) in [6.07, 6.45) is 0.910. The second-order valence-electron chi connectivity index (χ2n) is 3.55. The predicted octanol–water partition coefficient (Wildman–Crippen LogP) is 0.176. The number of epoxide rings is 1. The SMILES string of the molecule is CC(C)(C)C1(C=O)CO1.O. The topological polar surface area (TPSA) is 61.1 Å². The molecule has 1 atom stereocenters. The van der Waals surface area contributed by atoms with Gasteiger partial charge in [0, 0.05) is 5.41 Å². The van der Waals surface area contributed by atoms with Crippen molar-refractivity contribution in [2.75, 3.05) is 6.61 Å². The number of rotatable bonds is 1. The van der Waals surface area contributed by atoms with Crippen LogP contribution >= 0.6 is 0 Å². The van der Waals surface area contributed by atoms with Crippen LogP contribution in [-0.2, 0) is 9.53 Å². The van der Waals surface area contributed by atoms with Gasteiger partial charge in [0.15, 0.2) is 11.9 Å². The number of hydrogen-bond donors (Lipinski definition) is 0. The molecule has 1 unspecified atom stereocenters. The van der Waals surface area contributed by atoms with Crippen LogP contribution in [0.25, 0.3) is 0 Å². The fraction of sp³-hybridized carbons (Fsp3) is 0.857. The molecule has 0 saturated carbocycles. The van der Waals surface area contributed by atoms with Crippen molar-refractivity contribution in [3.63, 3.8) is 0 Å². The smallest absolute Gasteiger partial charge is 0.154 e. The summed E-state index contributed by atoms with van der Waals surface area (Å²) < 4.78 is 5.04. The van der Waals surface area contributed by atoms with Gasteiger partial charge in [0.05, 0.1) is 6.61 Å². The van der Waals surface area contributed by atoms with Crippen LogP contribution in [0.2, 0.25) is 0 Å². The van der Waals surface area contributed by atoms with Gasteiger partial charge >= 0.3 is 0 Å². The summed E-state index contributed by atoms with van der Waals surface area (Å²) in [7, 11) is 0. The summed E-state index contributed by atoms with van der Waals surface area (Å²) in [5, 5.41) is 0. The van der Waals surface area contributed by atoms with Gasteiger partial charge in [-0.15, -0.1) is 0 Å². The van der Waals surface area contributed by atoms with Gasteiger partial charge in [-0.25, -0.2) is 0 Å². The number of carbonyl (C=O) groups excluding carboxylic acids is 1. The molecule has 10 heavy (non-hydrogen) atoms. The molecule has 3 heteroatoms. The van der Waals surface area contributed by atoms with Gasteiger partial charge in [-0.2, -0.15) is 0 Å². The Bertz CT molecular complexity index is 130. The van der Waals surface area contributed by atoms with Crippen molar-refractivity contribution in [2.45, 2.75) is 26.4 Å². The molecule has 0 spiro atoms. The highest BCUT2D eigenvalue weighted by molar-refractivity contribution is 5.67. The fourth-order valence-corrected chi connectivity index (χ4v) is 0.756. The van der Waals surface area contributed by atoms with Crippen LogP contribution in [0, 0.1) is 5.41 Å². The summed E-state index contributed by atoms with van der Waals surface area (Å²) in [4.78, 5) is 10.4. The van der Waals surface area contributed by atoms with E-state index in [1.807, 2.05) is 20.8 Å². The normalized spacial score (nSPS) is 30.7. The van der Waals surface area contributed by atoms with E-state index in [-0.39, 0.29) is 10.9 Å². The second-order valence-corrected chi connectivity index (χ2v) is 3.55. The molecule has 0 amide bonds. The molecule has 0 aliphatic carbocycles. The summed E-state index contributed by atoms with van der Waals surface area (Å²) in [6.45, 7) is 6.62. The van der Waals surface area contributed by atoms with Crippen LogP contribution in [0.4, 0.5) is 0 Å². The molecule has 2 N–H and O–H groups in total. The van der Waals surface area contributed by atoms with Crippen molar-refractivity contribution in [1.29, 1.82) is 0 Å². The number of aldehydes is 1. The Labute approximate surface area is 60.7 Å². The van der Waals surface area contributed by atoms with E-state index in [1.54, 1.807) is 0 Å². The lowest BCUT2D eigenvalue weighted by atomic mass is 9.82. The maximum atomic E-state index is 10.4. The molecule has 1 aliphatic heterocycles. The predicted molar refractivity (Wildman–Crippen MR) is 37.8 cm³/mol. The molecule has 1 saturated heterocycles. The Morgan fingerprint density at radius 1 is 1.50 bits per heavy atom. The Morgan fingerprint density at radius 3 is 1.90 bits per heavy atom. The van der Waals surface area contributed by atoms with Crippen molar-refractivity contribution >= 4 is 6.29 Å². The van der Waals surface area contributed by atoms with E-state index in [9.17, 15) is 4.79 Å². The van der Waals surface area contributed by atoms with Gasteiger partial charge in [0.2, 0.25) is 0 Å². The summed E-state index contributed by atoms with van der Waals surface area (Å²) >= 11 is 0. The Kier molecular flexibility index (Phi) is 2.23. The third-order valence-corrected chi connectivity index (χ3v) is 1.92. The van der Waals surface area contributed by atoms with E-state index in [4.69, 9.17) is 4.74 Å². The molecule has 60 valence electrons. The molecule has 1 heterocycles. The van der Waals surface area contributed by atoms with Crippen LogP contribution in [-0.4, -0.2) is 24.0 Å². The molecule has 1 fully saturated rings. The zero-order chi connectivity index (χ0) is 7.12. The average molecular weight is 146 g/mol. The first kappa shape index (κ1) is 9.59. The van der Waals surface area contributed by atoms with Crippen molar-refractivity contribution in [3.8, 4) is 0 Å². The fourth-order valence-electron chi connectivity index (χ4n) is 0.756. The molecular weight excluding hydrogens is 132 g/mol. The van der Waals surface area contributed by atoms with Gasteiger partial charge in [0.1, 0.15) is 0 Å². The molecule has 1 aliphatic rings. The van der Waals surface area contributed by atoms with Crippen molar-refractivity contribution < 1.29 is 15.0 Å². The van der Waals surface area contributed by atoms with E-state index >= 15 is 0 Å². The van der Waals surface area contributed by atoms with E-state index in [0.29, 0.717) is 6.61 Å². The zero-order valence-corrected chi connectivity index (χ0v) is 6.60. The average Bonchev–Trinajstić information content (AvgIpc) is 2.40. The van der Waals surface area contributed by atoms with E-state index in [0.717, 1.165) is 6.29 Å². The van der Waals surface area contributed by atoms with Crippen molar-refractivity contribution in [3.05, 3.63) is 0 Å². The van der Waals surface area contributed by atoms with Crippen molar-refractivity contribution in [2.24, 2.45) is 5.41 Å². The van der Waals surface area contributed by atoms with Gasteiger partial charge in [-0.1, -0.05) is 20.8 Å². The van der Waals surface area contributed by atoms with Crippen LogP contribution in [0.5, 0.6) is 0 Å². The maximum Gasteiger partial charge on any atom is 0.154 e. The monoisotopic (exact) mass is 146 g/mol. The highest BCUT2D eigenvalue weighted by Crippen LogP contribution is 2.41. The van der Waals surface area contributed by atoms with E-state index in [1.165, 1.54) is 0 Å². The molecule has 3 nitrogen and oxygen atoms in total. The van der Waals surface area contributed by atoms with Gasteiger partial charge in [-0.05, 0) is 0 Å². The third-order valence-electron chi connectivity index (χ3n) is 1.92. The van der Waals surface area contributed by atoms with E-state index < -0.39 is 5.60 Å². The standard InChI is InChI=1S/C7H12O2.H2O/c1-6(2,3)7(4-8)5-9-7;/h4H,5H2,1-3H3;1H2. The highest BCUT2D eigenvalue weighted by atomic mass is 16.6. The molecular formula is C7H14O3. The Hall–Kier alpha value is -0.410. The molecule has 0 radical (unpaired) electrons. The Morgan fingerprint density at radius 2 is 1.90 bits per heavy atom. The number of carbonyl (C=O) groups is 1. The first-order chi connectivity index (χ1) is 4.02. The first-order valence-corrected chi connectivity index (χ1v) is 3.12. The second kappa shape index (κ2) is 2.32. The van der Waals surface area contributed by atoms with Crippen LogP contribution in [0.3, 0.4) is 0 Å². The molecule has 0 aromatic carbocycles. The number of ether oxygens (including phenoxy) is 1. The van der Waals surface area contributed by atoms with Crippen LogP contribution in [0.1, 0.15) is 20.8 Å². The lowest BCUT2D eigenvalue weighted by Crippen LogP contribution is -2.31. The highest BCUT2D eigenvalue weighted by Gasteiger charge is 2.54. The Balaban J connectivity index is 0.000000810. The minimum atomic E-state index is -0.451. The lowest BCUT2D eigenvalue weighted by molar-refractivity contribution is -0.115. The summed E-state index contributed by atoms with van der Waals surface area (Å²) in [5.41, 5.74) is -0.484. The quantitative estimate of drug-likeness (QED) is 0.391. The lowest BCUT2D eigenvalue weighted by Gasteiger charge is -2.21. The minimum absolute atomic E-state index is 0. The van der Waals surface area contributed by atoms with E-state index in [2.05, 4.69) is 0 Å². The van der Waals surface area contributed by atoms with Gasteiger partial charge in [0.25, 0.3) is 0 Å². The van der Waals surface area contributed by atoms with Crippen molar-refractivity contribution in [1.82, 2.24) is 0 Å². The number of hydrogen-bond acceptors (Lipinski definition) is 2. The minimum Gasteiger partial charge on any atom is -0.412 e. The van der Waals surface area contributed by atoms with Gasteiger partial charge in [-0.3, -0.25) is 0 Å². The summed E-state index contributed by atoms with van der Waals surface area (Å²) in [5.74, 6) is 0. The molecule has 1 rings (SSSR count).